The average Bonchev–Trinajstić information content (AvgIpc) is 3.23. The number of halogens is 4. The van der Waals surface area contributed by atoms with Crippen LogP contribution in [0.3, 0.4) is 0 Å². The van der Waals surface area contributed by atoms with Crippen LogP contribution in [0.5, 0.6) is 0 Å². The van der Waals surface area contributed by atoms with Crippen LogP contribution in [0.2, 0.25) is 0 Å². The predicted octanol–water partition coefficient (Wildman–Crippen LogP) is 2.61. The topological polar surface area (TPSA) is 70.4 Å². The molecule has 1 atom stereocenters. The third kappa shape index (κ3) is 7.42. The fourth-order valence-corrected chi connectivity index (χ4v) is 3.22. The number of aromatic nitrogens is 3. The number of rotatable bonds is 6. The molecule has 0 saturated carbocycles. The predicted molar refractivity (Wildman–Crippen MR) is 120 cm³/mol. The minimum atomic E-state index is -4.18. The van der Waals surface area contributed by atoms with Gasteiger partial charge in [0.2, 0.25) is 0 Å². The summed E-state index contributed by atoms with van der Waals surface area (Å²) < 4.78 is 39.8. The zero-order valence-electron chi connectivity index (χ0n) is 17.0. The van der Waals surface area contributed by atoms with Crippen LogP contribution in [0.25, 0.3) is 0 Å². The molecule has 3 rings (SSSR count). The Hall–Kier alpha value is -1.89. The van der Waals surface area contributed by atoms with Crippen LogP contribution in [0.4, 0.5) is 13.2 Å². The van der Waals surface area contributed by atoms with Gasteiger partial charge in [0.15, 0.2) is 11.8 Å². The first-order chi connectivity index (χ1) is 13.8. The summed E-state index contributed by atoms with van der Waals surface area (Å²) in [5, 5.41) is 14.7. The number of nitrogens with zero attached hydrogens (tertiary/aromatic N) is 5. The van der Waals surface area contributed by atoms with Gasteiger partial charge in [-0.2, -0.15) is 13.2 Å². The summed E-state index contributed by atoms with van der Waals surface area (Å²) in [6, 6.07) is 9.69. The molecule has 2 aromatic rings. The van der Waals surface area contributed by atoms with E-state index in [1.54, 1.807) is 0 Å². The van der Waals surface area contributed by atoms with Crippen LogP contribution in [0.1, 0.15) is 23.6 Å². The monoisotopic (exact) mass is 537 g/mol. The second-order valence-corrected chi connectivity index (χ2v) is 7.21. The number of hydrogen-bond donors (Lipinski definition) is 2. The minimum absolute atomic E-state index is 0. The number of aliphatic imine (C=N–C) groups is 1. The summed E-state index contributed by atoms with van der Waals surface area (Å²) in [5.74, 6) is 2.10. The highest BCUT2D eigenvalue weighted by Gasteiger charge is 2.34. The molecule has 0 aliphatic carbocycles. The van der Waals surface area contributed by atoms with Gasteiger partial charge in [-0.15, -0.1) is 34.2 Å². The van der Waals surface area contributed by atoms with E-state index in [4.69, 9.17) is 0 Å². The van der Waals surface area contributed by atoms with Crippen molar-refractivity contribution in [2.45, 2.75) is 38.7 Å². The van der Waals surface area contributed by atoms with E-state index in [0.29, 0.717) is 38.6 Å². The van der Waals surface area contributed by atoms with Crippen LogP contribution in [-0.2, 0) is 20.1 Å². The number of likely N-dealkylation sites (tertiary alicyclic amines) is 1. The number of benzene rings is 1. The third-order valence-electron chi connectivity index (χ3n) is 4.88. The fraction of sp³-hybridized carbons (Fsp3) is 0.526. The Balaban J connectivity index is 0.00000320. The number of alkyl halides is 3. The van der Waals surface area contributed by atoms with E-state index in [-0.39, 0.29) is 30.0 Å². The van der Waals surface area contributed by atoms with Crippen molar-refractivity contribution in [1.29, 1.82) is 0 Å². The molecule has 1 aromatic heterocycles. The van der Waals surface area contributed by atoms with Crippen molar-refractivity contribution in [1.82, 2.24) is 30.3 Å². The second kappa shape index (κ2) is 10.9. The van der Waals surface area contributed by atoms with E-state index in [0.717, 1.165) is 17.2 Å². The van der Waals surface area contributed by atoms with Crippen LogP contribution in [-0.4, -0.2) is 57.5 Å². The molecule has 11 heteroatoms. The van der Waals surface area contributed by atoms with Crippen molar-refractivity contribution in [2.24, 2.45) is 12.0 Å². The third-order valence-corrected chi connectivity index (χ3v) is 4.88. The molecule has 0 spiro atoms. The molecule has 1 aliphatic heterocycles. The van der Waals surface area contributed by atoms with Gasteiger partial charge in [0.1, 0.15) is 5.82 Å². The average molecular weight is 537 g/mol. The maximum absolute atomic E-state index is 12.6. The molecular formula is C19H27F3IN7. The number of hydrogen-bond acceptors (Lipinski definition) is 4. The normalized spacial score (nSPS) is 17.6. The van der Waals surface area contributed by atoms with Crippen LogP contribution < -0.4 is 10.6 Å². The lowest BCUT2D eigenvalue weighted by Crippen LogP contribution is -2.45. The molecule has 1 aromatic carbocycles. The van der Waals surface area contributed by atoms with Crippen molar-refractivity contribution in [3.05, 3.63) is 47.5 Å². The van der Waals surface area contributed by atoms with Gasteiger partial charge in [0.05, 0.1) is 19.6 Å². The van der Waals surface area contributed by atoms with E-state index >= 15 is 0 Å². The van der Waals surface area contributed by atoms with Gasteiger partial charge < -0.3 is 15.2 Å². The summed E-state index contributed by atoms with van der Waals surface area (Å²) in [5.41, 5.74) is 1.05. The fourth-order valence-electron chi connectivity index (χ4n) is 3.22. The van der Waals surface area contributed by atoms with Crippen molar-refractivity contribution >= 4 is 29.9 Å². The number of nitrogens with one attached hydrogen (secondary N) is 2. The highest BCUT2D eigenvalue weighted by Crippen LogP contribution is 2.20. The summed E-state index contributed by atoms with van der Waals surface area (Å²) in [6.07, 6.45) is -3.55. The van der Waals surface area contributed by atoms with Gasteiger partial charge in [-0.05, 0) is 18.9 Å². The molecule has 2 heterocycles. The smallest absolute Gasteiger partial charge is 0.352 e. The van der Waals surface area contributed by atoms with E-state index in [2.05, 4.69) is 25.8 Å². The van der Waals surface area contributed by atoms with E-state index < -0.39 is 12.7 Å². The molecule has 0 amide bonds. The summed E-state index contributed by atoms with van der Waals surface area (Å²) >= 11 is 0. The van der Waals surface area contributed by atoms with Crippen molar-refractivity contribution in [3.8, 4) is 0 Å². The van der Waals surface area contributed by atoms with E-state index in [1.165, 1.54) is 4.90 Å². The lowest BCUT2D eigenvalue weighted by Gasteiger charge is -2.20. The molecule has 166 valence electrons. The summed E-state index contributed by atoms with van der Waals surface area (Å²) in [6.45, 7) is 2.60. The first kappa shape index (κ1) is 24.4. The number of aryl methyl sites for hydroxylation is 1. The van der Waals surface area contributed by atoms with Gasteiger partial charge in [0.25, 0.3) is 0 Å². The molecular weight excluding hydrogens is 510 g/mol. The Morgan fingerprint density at radius 3 is 2.60 bits per heavy atom. The largest absolute Gasteiger partial charge is 0.401 e. The minimum Gasteiger partial charge on any atom is -0.352 e. The maximum Gasteiger partial charge on any atom is 0.401 e. The summed E-state index contributed by atoms with van der Waals surface area (Å²) in [4.78, 5) is 6.02. The second-order valence-electron chi connectivity index (χ2n) is 7.21. The summed E-state index contributed by atoms with van der Waals surface area (Å²) in [7, 11) is 1.88. The Morgan fingerprint density at radius 1 is 1.23 bits per heavy atom. The van der Waals surface area contributed by atoms with E-state index in [9.17, 15) is 13.2 Å². The van der Waals surface area contributed by atoms with Gasteiger partial charge >= 0.3 is 6.18 Å². The standard InChI is InChI=1S/C19H26F3N7.HI/c1-14-26-27-17(28(14)2)11-24-18(23-10-15-6-4-3-5-7-15)25-16-8-9-29(12-16)13-19(20,21)22;/h3-7,16H,8-13H2,1-2H3,(H2,23,24,25);1H. The van der Waals surface area contributed by atoms with Crippen molar-refractivity contribution < 1.29 is 13.2 Å². The lowest BCUT2D eigenvalue weighted by molar-refractivity contribution is -0.143. The molecule has 1 unspecified atom stereocenters. The van der Waals surface area contributed by atoms with E-state index in [1.807, 2.05) is 48.9 Å². The Labute approximate surface area is 191 Å². The van der Waals surface area contributed by atoms with Gasteiger partial charge in [-0.25, -0.2) is 4.99 Å². The molecule has 2 N–H and O–H groups in total. The zero-order chi connectivity index (χ0) is 20.9. The zero-order valence-corrected chi connectivity index (χ0v) is 19.3. The van der Waals surface area contributed by atoms with Gasteiger partial charge in [0, 0.05) is 26.2 Å². The van der Waals surface area contributed by atoms with Crippen LogP contribution >= 0.6 is 24.0 Å². The molecule has 0 radical (unpaired) electrons. The number of guanidine groups is 1. The highest BCUT2D eigenvalue weighted by atomic mass is 127. The molecule has 0 bridgehead atoms. The lowest BCUT2D eigenvalue weighted by atomic mass is 10.2. The molecule has 30 heavy (non-hydrogen) atoms. The first-order valence-electron chi connectivity index (χ1n) is 9.53. The van der Waals surface area contributed by atoms with Gasteiger partial charge in [-0.3, -0.25) is 4.90 Å². The molecule has 1 saturated heterocycles. The molecule has 1 aliphatic rings. The van der Waals surface area contributed by atoms with Gasteiger partial charge in [-0.1, -0.05) is 30.3 Å². The SMILES string of the molecule is Cc1nnc(CNC(=NCc2ccccc2)NC2CCN(CC(F)(F)F)C2)n1C.I. The Bertz CT molecular complexity index is 823. The molecule has 7 nitrogen and oxygen atoms in total. The Morgan fingerprint density at radius 2 is 1.97 bits per heavy atom. The first-order valence-corrected chi connectivity index (χ1v) is 9.53. The van der Waals surface area contributed by atoms with Crippen LogP contribution in [0, 0.1) is 6.92 Å². The maximum atomic E-state index is 12.6. The molecule has 1 fully saturated rings. The quantitative estimate of drug-likeness (QED) is 0.337. The Kier molecular flexibility index (Phi) is 8.89. The van der Waals surface area contributed by atoms with Crippen molar-refractivity contribution in [2.75, 3.05) is 19.6 Å². The van der Waals surface area contributed by atoms with Crippen LogP contribution in [0.15, 0.2) is 35.3 Å². The van der Waals surface area contributed by atoms with Crippen molar-refractivity contribution in [3.63, 3.8) is 0 Å². The highest BCUT2D eigenvalue weighted by molar-refractivity contribution is 14.0.